The fraction of sp³-hybridized carbons (Fsp3) is 0.296. The Labute approximate surface area is 197 Å². The third-order valence-corrected chi connectivity index (χ3v) is 7.57. The Morgan fingerprint density at radius 2 is 1.52 bits per heavy atom. The van der Waals surface area contributed by atoms with Crippen molar-refractivity contribution < 1.29 is 13.2 Å². The van der Waals surface area contributed by atoms with E-state index in [9.17, 15) is 13.2 Å². The summed E-state index contributed by atoms with van der Waals surface area (Å²) in [5.74, 6) is -0.362. The molecule has 0 aliphatic rings. The van der Waals surface area contributed by atoms with Crippen LogP contribution in [0.4, 0.5) is 5.69 Å². The van der Waals surface area contributed by atoms with E-state index in [2.05, 4.69) is 12.2 Å². The van der Waals surface area contributed by atoms with Gasteiger partial charge in [0.1, 0.15) is 6.54 Å². The zero-order valence-electron chi connectivity index (χ0n) is 19.9. The molecule has 0 aliphatic carbocycles. The second-order valence-corrected chi connectivity index (χ2v) is 10.4. The molecule has 1 amide bonds. The summed E-state index contributed by atoms with van der Waals surface area (Å²) in [4.78, 5) is 13.2. The van der Waals surface area contributed by atoms with E-state index < -0.39 is 10.0 Å². The number of hydrogen-bond donors (Lipinski definition) is 1. The summed E-state index contributed by atoms with van der Waals surface area (Å²) < 4.78 is 28.4. The molecule has 174 valence electrons. The minimum atomic E-state index is -3.94. The van der Waals surface area contributed by atoms with Crippen molar-refractivity contribution in [1.82, 2.24) is 5.32 Å². The molecular formula is C27H32N2O3S. The summed E-state index contributed by atoms with van der Waals surface area (Å²) in [5.41, 5.74) is 5.37. The van der Waals surface area contributed by atoms with E-state index in [1.165, 1.54) is 9.87 Å². The molecule has 0 saturated heterocycles. The molecule has 0 bridgehead atoms. The maximum atomic E-state index is 13.6. The molecular weight excluding hydrogens is 432 g/mol. The lowest BCUT2D eigenvalue weighted by Crippen LogP contribution is -2.42. The number of sulfonamides is 1. The molecule has 1 N–H and O–H groups in total. The van der Waals surface area contributed by atoms with Gasteiger partial charge in [-0.1, -0.05) is 61.0 Å². The number of carbonyl (C=O) groups excluding carboxylic acids is 1. The van der Waals surface area contributed by atoms with Gasteiger partial charge in [0.2, 0.25) is 5.91 Å². The molecule has 0 fully saturated rings. The van der Waals surface area contributed by atoms with E-state index in [-0.39, 0.29) is 23.4 Å². The zero-order valence-corrected chi connectivity index (χ0v) is 20.7. The number of nitrogens with zero attached hydrogens (tertiary/aromatic N) is 1. The minimum absolute atomic E-state index is 0.157. The van der Waals surface area contributed by atoms with Crippen molar-refractivity contribution in [2.24, 2.45) is 0 Å². The lowest BCUT2D eigenvalue weighted by atomic mass is 10.1. The minimum Gasteiger partial charge on any atom is -0.348 e. The van der Waals surface area contributed by atoms with Crippen molar-refractivity contribution >= 4 is 21.6 Å². The van der Waals surface area contributed by atoms with Crippen molar-refractivity contribution in [2.45, 2.75) is 52.0 Å². The van der Waals surface area contributed by atoms with Crippen LogP contribution in [0.15, 0.2) is 71.6 Å². The fourth-order valence-corrected chi connectivity index (χ4v) is 5.15. The van der Waals surface area contributed by atoms with Gasteiger partial charge in [-0.15, -0.1) is 0 Å². The summed E-state index contributed by atoms with van der Waals surface area (Å²) in [7, 11) is -3.94. The molecule has 0 heterocycles. The topological polar surface area (TPSA) is 66.5 Å². The number of anilines is 1. The first kappa shape index (κ1) is 24.5. The molecule has 0 radical (unpaired) electrons. The number of rotatable bonds is 8. The van der Waals surface area contributed by atoms with E-state index >= 15 is 0 Å². The third-order valence-electron chi connectivity index (χ3n) is 5.79. The second kappa shape index (κ2) is 10.2. The molecule has 33 heavy (non-hydrogen) atoms. The highest BCUT2D eigenvalue weighted by molar-refractivity contribution is 7.92. The van der Waals surface area contributed by atoms with E-state index in [1.807, 2.05) is 64.1 Å². The van der Waals surface area contributed by atoms with Crippen molar-refractivity contribution in [3.8, 4) is 0 Å². The van der Waals surface area contributed by atoms with Crippen LogP contribution in [-0.4, -0.2) is 20.9 Å². The normalized spacial score (nSPS) is 12.3. The first-order chi connectivity index (χ1) is 15.6. The number of nitrogens with one attached hydrogen (secondary N) is 1. The summed E-state index contributed by atoms with van der Waals surface area (Å²) >= 11 is 0. The highest BCUT2D eigenvalue weighted by Crippen LogP contribution is 2.28. The van der Waals surface area contributed by atoms with Gasteiger partial charge in [-0.3, -0.25) is 9.10 Å². The van der Waals surface area contributed by atoms with Gasteiger partial charge in [-0.25, -0.2) is 8.42 Å². The van der Waals surface area contributed by atoms with Gasteiger partial charge in [0, 0.05) is 0 Å². The predicted molar refractivity (Wildman–Crippen MR) is 134 cm³/mol. The van der Waals surface area contributed by atoms with Gasteiger partial charge in [-0.05, 0) is 74.6 Å². The lowest BCUT2D eigenvalue weighted by Gasteiger charge is -2.27. The predicted octanol–water partition coefficient (Wildman–Crippen LogP) is 5.25. The van der Waals surface area contributed by atoms with Crippen LogP contribution >= 0.6 is 0 Å². The van der Waals surface area contributed by atoms with Gasteiger partial charge in [0.05, 0.1) is 16.6 Å². The molecule has 6 heteroatoms. The Bertz CT molecular complexity index is 1220. The van der Waals surface area contributed by atoms with Crippen molar-refractivity contribution in [3.05, 3.63) is 94.5 Å². The van der Waals surface area contributed by atoms with Crippen molar-refractivity contribution in [2.75, 3.05) is 10.8 Å². The fourth-order valence-electron chi connectivity index (χ4n) is 3.67. The average Bonchev–Trinajstić information content (AvgIpc) is 2.79. The van der Waals surface area contributed by atoms with Gasteiger partial charge in [-0.2, -0.15) is 0 Å². The molecule has 5 nitrogen and oxygen atoms in total. The highest BCUT2D eigenvalue weighted by Gasteiger charge is 2.28. The number of carbonyl (C=O) groups is 1. The summed E-state index contributed by atoms with van der Waals surface area (Å²) in [5, 5.41) is 2.96. The Balaban J connectivity index is 1.91. The maximum Gasteiger partial charge on any atom is 0.264 e. The SMILES string of the molecule is CCc1ccc(C(C)NC(=O)CN(c2cc(C)ccc2C)S(=O)(=O)c2ccc(C)cc2)cc1. The lowest BCUT2D eigenvalue weighted by molar-refractivity contribution is -0.120. The van der Waals surface area contributed by atoms with Crippen LogP contribution in [-0.2, 0) is 21.2 Å². The van der Waals surface area contributed by atoms with Crippen LogP contribution in [0.2, 0.25) is 0 Å². The first-order valence-electron chi connectivity index (χ1n) is 11.2. The molecule has 1 atom stereocenters. The Kier molecular flexibility index (Phi) is 7.59. The van der Waals surface area contributed by atoms with Crippen molar-refractivity contribution in [3.63, 3.8) is 0 Å². The molecule has 0 aliphatic heterocycles. The Morgan fingerprint density at radius 3 is 2.12 bits per heavy atom. The van der Waals surface area contributed by atoms with E-state index in [1.54, 1.807) is 30.3 Å². The van der Waals surface area contributed by atoms with Crippen LogP contribution < -0.4 is 9.62 Å². The quantitative estimate of drug-likeness (QED) is 0.495. The van der Waals surface area contributed by atoms with Gasteiger partial charge in [0.25, 0.3) is 10.0 Å². The number of hydrogen-bond acceptors (Lipinski definition) is 3. The molecule has 0 aromatic heterocycles. The highest BCUT2D eigenvalue weighted by atomic mass is 32.2. The van der Waals surface area contributed by atoms with Crippen LogP contribution in [0, 0.1) is 20.8 Å². The monoisotopic (exact) mass is 464 g/mol. The molecule has 3 rings (SSSR count). The number of benzene rings is 3. The first-order valence-corrected chi connectivity index (χ1v) is 12.6. The Morgan fingerprint density at radius 1 is 0.909 bits per heavy atom. The second-order valence-electron chi connectivity index (χ2n) is 8.50. The Hall–Kier alpha value is -3.12. The van der Waals surface area contributed by atoms with Gasteiger partial charge in [0.15, 0.2) is 0 Å². The van der Waals surface area contributed by atoms with Gasteiger partial charge < -0.3 is 5.32 Å². The third kappa shape index (κ3) is 5.82. The van der Waals surface area contributed by atoms with Crippen molar-refractivity contribution in [1.29, 1.82) is 0 Å². The largest absolute Gasteiger partial charge is 0.348 e. The molecule has 0 spiro atoms. The average molecular weight is 465 g/mol. The molecule has 3 aromatic rings. The summed E-state index contributed by atoms with van der Waals surface area (Å²) in [6, 6.07) is 20.1. The van der Waals surface area contributed by atoms with Crippen LogP contribution in [0.25, 0.3) is 0 Å². The smallest absolute Gasteiger partial charge is 0.264 e. The molecule has 1 unspecified atom stereocenters. The van der Waals surface area contributed by atoms with Crippen LogP contribution in [0.1, 0.15) is 47.7 Å². The summed E-state index contributed by atoms with van der Waals surface area (Å²) in [6.45, 7) is 9.34. The number of aryl methyl sites for hydroxylation is 4. The van der Waals surface area contributed by atoms with E-state index in [0.29, 0.717) is 5.69 Å². The molecule has 0 saturated carbocycles. The molecule has 3 aromatic carbocycles. The van der Waals surface area contributed by atoms with E-state index in [4.69, 9.17) is 0 Å². The zero-order chi connectivity index (χ0) is 24.2. The van der Waals surface area contributed by atoms with Crippen LogP contribution in [0.3, 0.4) is 0 Å². The van der Waals surface area contributed by atoms with Gasteiger partial charge >= 0.3 is 0 Å². The van der Waals surface area contributed by atoms with E-state index in [0.717, 1.165) is 28.7 Å². The standard InChI is InChI=1S/C27H32N2O3S/c1-6-23-11-13-24(14-12-23)22(5)28-27(30)18-29(26-17-20(3)7-10-21(26)4)33(31,32)25-15-8-19(2)9-16-25/h7-17,22H,6,18H2,1-5H3,(H,28,30). The maximum absolute atomic E-state index is 13.6. The van der Waals surface area contributed by atoms with Crippen LogP contribution in [0.5, 0.6) is 0 Å². The summed E-state index contributed by atoms with van der Waals surface area (Å²) in [6.07, 6.45) is 0.947. The number of amides is 1.